The third-order valence-electron chi connectivity index (χ3n) is 12.7. The molecular formula is C48H52N4O19. The van der Waals surface area contributed by atoms with E-state index < -0.39 is 112 Å². The van der Waals surface area contributed by atoms with E-state index in [0.717, 1.165) is 6.20 Å². The van der Waals surface area contributed by atoms with Gasteiger partial charge in [0.25, 0.3) is 11.8 Å². The molecule has 0 bridgehead atoms. The number of fused-ring (bicyclic) bond motifs is 2. The van der Waals surface area contributed by atoms with Crippen LogP contribution in [-0.4, -0.2) is 128 Å². The van der Waals surface area contributed by atoms with Crippen LogP contribution in [0, 0.1) is 20.8 Å². The minimum Gasteiger partial charge on any atom is -0.505 e. The summed E-state index contributed by atoms with van der Waals surface area (Å²) in [6.07, 6.45) is -7.64. The molecular weight excluding hydrogens is 937 g/mol. The quantitative estimate of drug-likeness (QED) is 0.0622. The molecule has 2 amide bonds. The number of rotatable bonds is 12. The molecule has 2 saturated heterocycles. The maximum atomic E-state index is 13.6. The average Bonchev–Trinajstić information content (AvgIpc) is 4.00. The summed E-state index contributed by atoms with van der Waals surface area (Å²) >= 11 is 0. The van der Waals surface area contributed by atoms with Gasteiger partial charge in [-0.15, -0.1) is 0 Å². The lowest BCUT2D eigenvalue weighted by Gasteiger charge is -2.47. The van der Waals surface area contributed by atoms with Crippen molar-refractivity contribution in [1.82, 2.24) is 9.97 Å². The van der Waals surface area contributed by atoms with E-state index in [-0.39, 0.29) is 67.1 Å². The molecule has 71 heavy (non-hydrogen) atoms. The second-order valence-corrected chi connectivity index (χ2v) is 18.1. The van der Waals surface area contributed by atoms with Gasteiger partial charge in [-0.05, 0) is 90.4 Å². The van der Waals surface area contributed by atoms with Gasteiger partial charge in [-0.2, -0.15) is 0 Å². The van der Waals surface area contributed by atoms with Crippen molar-refractivity contribution in [2.45, 2.75) is 109 Å². The lowest BCUT2D eigenvalue weighted by molar-refractivity contribution is -0.306. The summed E-state index contributed by atoms with van der Waals surface area (Å²) < 4.78 is 51.6. The molecule has 0 aliphatic carbocycles. The van der Waals surface area contributed by atoms with Gasteiger partial charge in [-0.3, -0.25) is 9.59 Å². The van der Waals surface area contributed by atoms with Crippen molar-refractivity contribution < 1.29 is 81.9 Å². The Hall–Kier alpha value is -7.25. The van der Waals surface area contributed by atoms with Crippen LogP contribution in [0.4, 0.5) is 11.4 Å². The van der Waals surface area contributed by atoms with Crippen molar-refractivity contribution >= 4 is 51.1 Å². The molecule has 8 unspecified atom stereocenters. The van der Waals surface area contributed by atoms with Crippen LogP contribution in [0.1, 0.15) is 75.7 Å². The number of carbonyl (C=O) groups is 3. The van der Waals surface area contributed by atoms with Gasteiger partial charge >= 0.3 is 17.2 Å². The van der Waals surface area contributed by atoms with Crippen LogP contribution in [0.15, 0.2) is 67.2 Å². The van der Waals surface area contributed by atoms with Crippen LogP contribution in [0.5, 0.6) is 23.0 Å². The Kier molecular flexibility index (Phi) is 13.3. The molecule has 0 spiro atoms. The minimum atomic E-state index is -1.58. The number of H-pyrrole nitrogens is 2. The molecule has 0 radical (unpaired) electrons. The Labute approximate surface area is 402 Å². The fraction of sp³-hybridized carbons (Fsp3) is 0.396. The summed E-state index contributed by atoms with van der Waals surface area (Å²) in [6, 6.07) is 8.60. The summed E-state index contributed by atoms with van der Waals surface area (Å²) in [5.74, 6) is -3.87. The molecule has 23 heteroatoms. The topological polar surface area (TPSA) is 333 Å². The maximum absolute atomic E-state index is 13.6. The predicted molar refractivity (Wildman–Crippen MR) is 248 cm³/mol. The van der Waals surface area contributed by atoms with Gasteiger partial charge in [-0.25, -0.2) is 14.4 Å². The largest absolute Gasteiger partial charge is 0.505 e. The predicted octanol–water partition coefficient (Wildman–Crippen LogP) is 3.76. The molecule has 6 heterocycles. The van der Waals surface area contributed by atoms with Gasteiger partial charge in [0.2, 0.25) is 12.6 Å². The SMILES string of the molecule is COC1C(O)C(O)C(Oc2ccc3c(O)c(NC(=O)c4[nH]cc(C(=O)Nc5c(O)c6ccc(OC7OC(C)(C)C(OC)C(OC(=O)c8ccc[nH]8)C7O)c(C)c6oc5=O)c4C)c(=O)oc3c2C)OC1(C)C. The highest BCUT2D eigenvalue weighted by atomic mass is 16.7. The number of carbonyl (C=O) groups excluding carboxylic acids is 3. The van der Waals surface area contributed by atoms with Crippen molar-refractivity contribution in [3.8, 4) is 23.0 Å². The standard InChI is InChI=1S/C48H52N4O19/c1-18-23(17-50-27(18)41(59)52-29-31(54)22-12-14-25(19(2)35(22)68-44(29)62)65-45-33(56)32(55)38(63-8)47(4,5)70-45)40(58)51-28-30(53)21-13-15-26(20(3)36(21)67-43(28)61)66-46-34(57)37(39(64-9)48(6,7)71-46)69-42(60)24-11-10-16-49-24/h10-17,32-34,37-39,45-46,49-50,53-57H,1-9H3,(H,51,58)(H,52,59). The maximum Gasteiger partial charge on any atom is 0.364 e. The van der Waals surface area contributed by atoms with Crippen LogP contribution >= 0.6 is 0 Å². The highest BCUT2D eigenvalue weighted by Crippen LogP contribution is 2.41. The van der Waals surface area contributed by atoms with E-state index in [4.69, 9.17) is 42.0 Å². The average molecular weight is 989 g/mol. The number of aromatic nitrogens is 2. The van der Waals surface area contributed by atoms with E-state index in [1.807, 2.05) is 0 Å². The summed E-state index contributed by atoms with van der Waals surface area (Å²) in [7, 11) is 2.75. The van der Waals surface area contributed by atoms with E-state index in [1.165, 1.54) is 71.5 Å². The Morgan fingerprint density at radius 1 is 0.662 bits per heavy atom. The van der Waals surface area contributed by atoms with Crippen molar-refractivity contribution in [3.05, 3.63) is 103 Å². The summed E-state index contributed by atoms with van der Waals surface area (Å²) in [5.41, 5.74) is -5.91. The smallest absolute Gasteiger partial charge is 0.364 e. The number of nitrogens with one attached hydrogen (secondary N) is 4. The van der Waals surface area contributed by atoms with E-state index in [1.54, 1.807) is 33.8 Å². The third-order valence-corrected chi connectivity index (χ3v) is 12.7. The van der Waals surface area contributed by atoms with Crippen molar-refractivity contribution in [1.29, 1.82) is 0 Å². The van der Waals surface area contributed by atoms with Gasteiger partial charge < -0.3 is 88.1 Å². The van der Waals surface area contributed by atoms with Gasteiger partial charge in [-0.1, -0.05) is 0 Å². The molecule has 2 aliphatic heterocycles. The number of hydrogen-bond donors (Lipinski definition) is 9. The molecule has 23 nitrogen and oxygen atoms in total. The first-order chi connectivity index (χ1) is 33.5. The van der Waals surface area contributed by atoms with Crippen LogP contribution in [0.2, 0.25) is 0 Å². The first-order valence-electron chi connectivity index (χ1n) is 22.0. The zero-order valence-corrected chi connectivity index (χ0v) is 39.7. The number of aromatic amines is 2. The highest BCUT2D eigenvalue weighted by molar-refractivity contribution is 6.12. The Morgan fingerprint density at radius 2 is 1.17 bits per heavy atom. The molecule has 378 valence electrons. The molecule has 0 saturated carbocycles. The fourth-order valence-electron chi connectivity index (χ4n) is 8.94. The number of anilines is 2. The second-order valence-electron chi connectivity index (χ2n) is 18.1. The van der Waals surface area contributed by atoms with Gasteiger partial charge in [0, 0.05) is 37.7 Å². The molecule has 8 atom stereocenters. The second kappa shape index (κ2) is 18.8. The number of esters is 1. The van der Waals surface area contributed by atoms with Gasteiger partial charge in [0.1, 0.15) is 58.5 Å². The number of ether oxygens (including phenoxy) is 7. The highest BCUT2D eigenvalue weighted by Gasteiger charge is 2.54. The van der Waals surface area contributed by atoms with Gasteiger partial charge in [0.15, 0.2) is 35.1 Å². The Morgan fingerprint density at radius 3 is 1.68 bits per heavy atom. The van der Waals surface area contributed by atoms with Crippen LogP contribution in [-0.2, 0) is 23.7 Å². The number of methoxy groups -OCH3 is 2. The van der Waals surface area contributed by atoms with Crippen LogP contribution < -0.4 is 31.4 Å². The molecule has 8 rings (SSSR count). The molecule has 2 aromatic carbocycles. The van der Waals surface area contributed by atoms with E-state index in [0.29, 0.717) is 0 Å². The Bertz CT molecular complexity index is 3170. The summed E-state index contributed by atoms with van der Waals surface area (Å²) in [4.78, 5) is 72.2. The molecule has 6 aromatic rings. The van der Waals surface area contributed by atoms with Gasteiger partial charge in [0.05, 0.1) is 27.5 Å². The fourth-order valence-corrected chi connectivity index (χ4v) is 8.94. The number of benzene rings is 2. The van der Waals surface area contributed by atoms with E-state index in [2.05, 4.69) is 20.6 Å². The number of hydrogen-bond acceptors (Lipinski definition) is 19. The number of aromatic hydroxyl groups is 2. The first kappa shape index (κ1) is 50.1. The molecule has 4 aromatic heterocycles. The number of aryl methyl sites for hydroxylation is 2. The zero-order valence-electron chi connectivity index (χ0n) is 39.7. The lowest BCUT2D eigenvalue weighted by Crippen LogP contribution is -2.65. The van der Waals surface area contributed by atoms with E-state index >= 15 is 0 Å². The minimum absolute atomic E-state index is 0.00522. The van der Waals surface area contributed by atoms with Crippen molar-refractivity contribution in [2.75, 3.05) is 24.9 Å². The molecule has 2 aliphatic rings. The Balaban J connectivity index is 0.975. The molecule has 2 fully saturated rings. The van der Waals surface area contributed by atoms with Crippen LogP contribution in [0.3, 0.4) is 0 Å². The van der Waals surface area contributed by atoms with Crippen molar-refractivity contribution in [2.24, 2.45) is 0 Å². The number of aliphatic hydroxyl groups excluding tert-OH is 3. The zero-order chi connectivity index (χ0) is 51.6. The first-order valence-corrected chi connectivity index (χ1v) is 22.0. The van der Waals surface area contributed by atoms with Crippen molar-refractivity contribution in [3.63, 3.8) is 0 Å². The monoisotopic (exact) mass is 988 g/mol. The normalized spacial score (nSPS) is 23.8. The molecule has 9 N–H and O–H groups in total. The lowest BCUT2D eigenvalue weighted by atomic mass is 9.89. The number of aliphatic hydroxyl groups is 3. The summed E-state index contributed by atoms with van der Waals surface area (Å²) in [5, 5.41) is 60.0. The van der Waals surface area contributed by atoms with E-state index in [9.17, 15) is 49.5 Å². The summed E-state index contributed by atoms with van der Waals surface area (Å²) in [6.45, 7) is 11.0. The number of amides is 2. The van der Waals surface area contributed by atoms with Crippen LogP contribution in [0.25, 0.3) is 21.9 Å². The third kappa shape index (κ3) is 8.96.